The average molecular weight is 272 g/mol. The highest BCUT2D eigenvalue weighted by Crippen LogP contribution is 2.21. The molecule has 1 aromatic carbocycles. The number of aromatic nitrogens is 2. The van der Waals surface area contributed by atoms with Crippen molar-refractivity contribution in [1.82, 2.24) is 9.78 Å². The fraction of sp³-hybridized carbons (Fsp3) is 0.333. The molecule has 0 saturated heterocycles. The Balaban J connectivity index is 2.00. The lowest BCUT2D eigenvalue weighted by Gasteiger charge is -2.12. The zero-order chi connectivity index (χ0) is 14.4. The van der Waals surface area contributed by atoms with Crippen molar-refractivity contribution in [1.29, 1.82) is 0 Å². The molecular weight excluding hydrogens is 252 g/mol. The van der Waals surface area contributed by atoms with Crippen LogP contribution in [0.5, 0.6) is 0 Å². The second-order valence-electron chi connectivity index (χ2n) is 4.72. The lowest BCUT2D eigenvalue weighted by Crippen LogP contribution is -2.15. The number of nitrogens with one attached hydrogen (secondary N) is 2. The Morgan fingerprint density at radius 2 is 2.05 bits per heavy atom. The van der Waals surface area contributed by atoms with Gasteiger partial charge in [-0.1, -0.05) is 19.1 Å². The van der Waals surface area contributed by atoms with Gasteiger partial charge in [0, 0.05) is 19.8 Å². The van der Waals surface area contributed by atoms with E-state index in [1.807, 2.05) is 37.5 Å². The summed E-state index contributed by atoms with van der Waals surface area (Å²) in [5.41, 5.74) is 2.67. The van der Waals surface area contributed by atoms with E-state index in [4.69, 9.17) is 0 Å². The van der Waals surface area contributed by atoms with Crippen molar-refractivity contribution in [2.45, 2.75) is 19.8 Å². The first-order valence-corrected chi connectivity index (χ1v) is 6.79. The van der Waals surface area contributed by atoms with Crippen LogP contribution in [0.4, 0.5) is 11.4 Å². The van der Waals surface area contributed by atoms with Gasteiger partial charge in [0.1, 0.15) is 0 Å². The zero-order valence-corrected chi connectivity index (χ0v) is 11.9. The summed E-state index contributed by atoms with van der Waals surface area (Å²) in [5, 5.41) is 10.3. The van der Waals surface area contributed by atoms with Crippen LogP contribution in [0.3, 0.4) is 0 Å². The van der Waals surface area contributed by atoms with Gasteiger partial charge >= 0.3 is 0 Å². The minimum absolute atomic E-state index is 0.0382. The second-order valence-corrected chi connectivity index (χ2v) is 4.72. The monoisotopic (exact) mass is 272 g/mol. The second kappa shape index (κ2) is 6.75. The number of carbonyl (C=O) groups is 1. The maximum absolute atomic E-state index is 12.0. The molecule has 2 rings (SSSR count). The molecule has 0 fully saturated rings. The van der Waals surface area contributed by atoms with E-state index in [2.05, 4.69) is 22.7 Å². The molecule has 2 N–H and O–H groups in total. The Labute approximate surface area is 119 Å². The third-order valence-corrected chi connectivity index (χ3v) is 2.89. The van der Waals surface area contributed by atoms with Crippen molar-refractivity contribution >= 4 is 17.3 Å². The standard InChI is InChI=1S/C15H20N4O/c1-3-8-16-13-6-4-5-7-14(13)18-15(20)9-12-10-17-19(2)11-12/h4-7,10-11,16H,3,8-9H2,1-2H3,(H,18,20). The molecule has 5 nitrogen and oxygen atoms in total. The van der Waals surface area contributed by atoms with Gasteiger partial charge in [-0.3, -0.25) is 9.48 Å². The predicted octanol–water partition coefficient (Wildman–Crippen LogP) is 2.42. The molecule has 0 aliphatic heterocycles. The number of amides is 1. The Kier molecular flexibility index (Phi) is 4.76. The Morgan fingerprint density at radius 1 is 1.30 bits per heavy atom. The molecule has 0 radical (unpaired) electrons. The van der Waals surface area contributed by atoms with Crippen LogP contribution >= 0.6 is 0 Å². The van der Waals surface area contributed by atoms with E-state index in [1.54, 1.807) is 10.9 Å². The van der Waals surface area contributed by atoms with Crippen molar-refractivity contribution in [3.63, 3.8) is 0 Å². The van der Waals surface area contributed by atoms with Gasteiger partial charge in [-0.15, -0.1) is 0 Å². The Hall–Kier alpha value is -2.30. The number of nitrogens with zero attached hydrogens (tertiary/aromatic N) is 2. The molecule has 1 heterocycles. The van der Waals surface area contributed by atoms with Crippen molar-refractivity contribution in [3.05, 3.63) is 42.2 Å². The minimum atomic E-state index is -0.0382. The van der Waals surface area contributed by atoms with Gasteiger partial charge in [0.25, 0.3) is 0 Å². The highest BCUT2D eigenvalue weighted by molar-refractivity contribution is 5.95. The molecule has 106 valence electrons. The quantitative estimate of drug-likeness (QED) is 0.849. The number of hydrogen-bond donors (Lipinski definition) is 2. The van der Waals surface area contributed by atoms with Crippen LogP contribution in [0.2, 0.25) is 0 Å². The first kappa shape index (κ1) is 14.1. The maximum Gasteiger partial charge on any atom is 0.228 e. The highest BCUT2D eigenvalue weighted by atomic mass is 16.1. The van der Waals surface area contributed by atoms with Crippen LogP contribution in [-0.4, -0.2) is 22.2 Å². The lowest BCUT2D eigenvalue weighted by molar-refractivity contribution is -0.115. The van der Waals surface area contributed by atoms with Crippen LogP contribution in [0.1, 0.15) is 18.9 Å². The SMILES string of the molecule is CCCNc1ccccc1NC(=O)Cc1cnn(C)c1. The summed E-state index contributed by atoms with van der Waals surface area (Å²) in [7, 11) is 1.84. The van der Waals surface area contributed by atoms with Crippen LogP contribution in [0.25, 0.3) is 0 Å². The number of aryl methyl sites for hydroxylation is 1. The summed E-state index contributed by atoms with van der Waals surface area (Å²) < 4.78 is 1.69. The summed E-state index contributed by atoms with van der Waals surface area (Å²) in [5.74, 6) is -0.0382. The molecule has 2 aromatic rings. The molecule has 20 heavy (non-hydrogen) atoms. The van der Waals surface area contributed by atoms with Gasteiger partial charge in [-0.25, -0.2) is 0 Å². The number of benzene rings is 1. The van der Waals surface area contributed by atoms with E-state index >= 15 is 0 Å². The first-order chi connectivity index (χ1) is 9.69. The van der Waals surface area contributed by atoms with E-state index < -0.39 is 0 Å². The van der Waals surface area contributed by atoms with Crippen LogP contribution < -0.4 is 10.6 Å². The van der Waals surface area contributed by atoms with E-state index in [9.17, 15) is 4.79 Å². The molecule has 0 aliphatic carbocycles. The fourth-order valence-electron chi connectivity index (χ4n) is 1.95. The molecule has 0 atom stereocenters. The highest BCUT2D eigenvalue weighted by Gasteiger charge is 2.08. The van der Waals surface area contributed by atoms with Crippen molar-refractivity contribution in [3.8, 4) is 0 Å². The van der Waals surface area contributed by atoms with Gasteiger partial charge in [-0.05, 0) is 24.1 Å². The molecule has 0 aliphatic rings. The number of anilines is 2. The van der Waals surface area contributed by atoms with Gasteiger partial charge in [0.05, 0.1) is 24.0 Å². The van der Waals surface area contributed by atoms with E-state index in [0.29, 0.717) is 6.42 Å². The summed E-state index contributed by atoms with van der Waals surface area (Å²) in [6, 6.07) is 7.74. The average Bonchev–Trinajstić information content (AvgIpc) is 2.83. The van der Waals surface area contributed by atoms with E-state index in [-0.39, 0.29) is 5.91 Å². The topological polar surface area (TPSA) is 58.9 Å². The lowest BCUT2D eigenvalue weighted by atomic mass is 10.2. The number of carbonyl (C=O) groups excluding carboxylic acids is 1. The number of para-hydroxylation sites is 2. The van der Waals surface area contributed by atoms with Crippen molar-refractivity contribution < 1.29 is 4.79 Å². The third-order valence-electron chi connectivity index (χ3n) is 2.89. The van der Waals surface area contributed by atoms with Crippen molar-refractivity contribution in [2.24, 2.45) is 7.05 Å². The summed E-state index contributed by atoms with van der Waals surface area (Å²) in [6.07, 6.45) is 4.93. The number of rotatable bonds is 6. The van der Waals surface area contributed by atoms with E-state index in [1.165, 1.54) is 0 Å². The van der Waals surface area contributed by atoms with Crippen LogP contribution in [-0.2, 0) is 18.3 Å². The van der Waals surface area contributed by atoms with Crippen LogP contribution in [0, 0.1) is 0 Å². The largest absolute Gasteiger partial charge is 0.383 e. The fourth-order valence-corrected chi connectivity index (χ4v) is 1.95. The molecule has 0 spiro atoms. The summed E-state index contributed by atoms with van der Waals surface area (Å²) in [4.78, 5) is 12.0. The molecular formula is C15H20N4O. The smallest absolute Gasteiger partial charge is 0.228 e. The van der Waals surface area contributed by atoms with Crippen LogP contribution in [0.15, 0.2) is 36.7 Å². The molecule has 0 bridgehead atoms. The van der Waals surface area contributed by atoms with E-state index in [0.717, 1.165) is 29.9 Å². The molecule has 0 saturated carbocycles. The molecule has 0 unspecified atom stereocenters. The normalized spacial score (nSPS) is 10.3. The van der Waals surface area contributed by atoms with Gasteiger partial charge in [0.15, 0.2) is 0 Å². The Morgan fingerprint density at radius 3 is 2.70 bits per heavy atom. The maximum atomic E-state index is 12.0. The van der Waals surface area contributed by atoms with Gasteiger partial charge < -0.3 is 10.6 Å². The predicted molar refractivity (Wildman–Crippen MR) is 80.8 cm³/mol. The third kappa shape index (κ3) is 3.85. The molecule has 5 heteroatoms. The van der Waals surface area contributed by atoms with Crippen molar-refractivity contribution in [2.75, 3.05) is 17.2 Å². The minimum Gasteiger partial charge on any atom is -0.383 e. The Bertz CT molecular complexity index is 577. The summed E-state index contributed by atoms with van der Waals surface area (Å²) >= 11 is 0. The molecule has 1 amide bonds. The summed E-state index contributed by atoms with van der Waals surface area (Å²) in [6.45, 7) is 2.99. The molecule has 1 aromatic heterocycles. The van der Waals surface area contributed by atoms with Gasteiger partial charge in [-0.2, -0.15) is 5.10 Å². The van der Waals surface area contributed by atoms with Gasteiger partial charge in [0.2, 0.25) is 5.91 Å². The number of hydrogen-bond acceptors (Lipinski definition) is 3. The zero-order valence-electron chi connectivity index (χ0n) is 11.9. The first-order valence-electron chi connectivity index (χ1n) is 6.79.